The van der Waals surface area contributed by atoms with E-state index in [1.54, 1.807) is 27.9 Å². The second-order valence-corrected chi connectivity index (χ2v) is 16.1. The third kappa shape index (κ3) is 8.86. The Balaban J connectivity index is 1.92. The maximum Gasteiger partial charge on any atom is 0.319 e. The molecular weight excluding hydrogens is 574 g/mol. The minimum Gasteiger partial charge on any atom is -0.463 e. The van der Waals surface area contributed by atoms with Crippen molar-refractivity contribution in [1.29, 1.82) is 0 Å². The number of hydrogen-bond acceptors (Lipinski definition) is 10. The van der Waals surface area contributed by atoms with Crippen LogP contribution >= 0.6 is 0 Å². The summed E-state index contributed by atoms with van der Waals surface area (Å²) in [5.41, 5.74) is -2.30. The van der Waals surface area contributed by atoms with E-state index < -0.39 is 41.4 Å². The molecule has 1 aliphatic carbocycles. The predicted molar refractivity (Wildman–Crippen MR) is 176 cm³/mol. The molecule has 0 radical (unpaired) electrons. The lowest BCUT2D eigenvalue weighted by Crippen LogP contribution is -2.59. The summed E-state index contributed by atoms with van der Waals surface area (Å²) >= 11 is 0. The Labute approximate surface area is 273 Å². The first kappa shape index (κ1) is 38.3. The van der Waals surface area contributed by atoms with Gasteiger partial charge in [0.1, 0.15) is 18.1 Å². The predicted octanol–water partition coefficient (Wildman–Crippen LogP) is 3.68. The average Bonchev–Trinajstić information content (AvgIpc) is 2.91. The lowest BCUT2D eigenvalue weighted by molar-refractivity contribution is -0.295. The lowest BCUT2D eigenvalue weighted by Gasteiger charge is -2.48. The summed E-state index contributed by atoms with van der Waals surface area (Å²) in [7, 11) is 9.83. The average molecular weight is 640 g/mol. The highest BCUT2D eigenvalue weighted by Crippen LogP contribution is 2.40. The molecule has 0 spiro atoms. The Morgan fingerprint density at radius 3 is 2.24 bits per heavy atom. The third-order valence-corrected chi connectivity index (χ3v) is 10.9. The molecule has 3 rings (SSSR count). The Bertz CT molecular complexity index is 986. The Morgan fingerprint density at radius 2 is 1.69 bits per heavy atom. The molecular formula is C35H65N3O7. The second kappa shape index (κ2) is 15.4. The van der Waals surface area contributed by atoms with Crippen molar-refractivity contribution in [2.24, 2.45) is 29.1 Å². The van der Waals surface area contributed by atoms with Crippen molar-refractivity contribution in [1.82, 2.24) is 14.7 Å². The van der Waals surface area contributed by atoms with Crippen LogP contribution in [-0.4, -0.2) is 135 Å². The van der Waals surface area contributed by atoms with Crippen LogP contribution in [0.25, 0.3) is 0 Å². The molecule has 45 heavy (non-hydrogen) atoms. The number of carbonyl (C=O) groups excluding carboxylic acids is 2. The van der Waals surface area contributed by atoms with Crippen molar-refractivity contribution in [3.8, 4) is 0 Å². The normalized spacial score (nSPS) is 40.9. The first-order chi connectivity index (χ1) is 20.8. The van der Waals surface area contributed by atoms with Gasteiger partial charge in [0.05, 0.1) is 17.8 Å². The molecule has 9 atom stereocenters. The largest absolute Gasteiger partial charge is 0.463 e. The number of esters is 1. The van der Waals surface area contributed by atoms with Crippen LogP contribution in [0.3, 0.4) is 0 Å². The number of hydrogen-bond donors (Lipinski definition) is 1. The first-order valence-corrected chi connectivity index (χ1v) is 17.1. The topological polar surface area (TPSA) is 101 Å². The highest BCUT2D eigenvalue weighted by molar-refractivity contribution is 6.04. The van der Waals surface area contributed by atoms with Crippen LogP contribution in [0.5, 0.6) is 0 Å². The summed E-state index contributed by atoms with van der Waals surface area (Å²) in [5.74, 6) is -0.359. The first-order valence-electron chi connectivity index (χ1n) is 17.1. The van der Waals surface area contributed by atoms with E-state index in [4.69, 9.17) is 18.9 Å². The van der Waals surface area contributed by atoms with Gasteiger partial charge < -0.3 is 33.9 Å². The van der Waals surface area contributed by atoms with E-state index in [-0.39, 0.29) is 36.5 Å². The fraction of sp³-hybridized carbons (Fsp3) is 0.943. The third-order valence-electron chi connectivity index (χ3n) is 10.9. The zero-order valence-corrected chi connectivity index (χ0v) is 30.5. The number of nitrogens with zero attached hydrogens (tertiary/aromatic N) is 3. The molecule has 0 amide bonds. The Hall–Kier alpha value is -1.14. The van der Waals surface area contributed by atoms with Gasteiger partial charge in [-0.1, -0.05) is 27.7 Å². The van der Waals surface area contributed by atoms with E-state index >= 15 is 0 Å². The molecule has 0 unspecified atom stereocenters. The Morgan fingerprint density at radius 1 is 1.07 bits per heavy atom. The molecule has 0 aromatic carbocycles. The van der Waals surface area contributed by atoms with Gasteiger partial charge in [-0.2, -0.15) is 0 Å². The van der Waals surface area contributed by atoms with E-state index in [2.05, 4.69) is 44.7 Å². The SMILES string of the molecule is CO[C@]1(C)C[C@@H](C)CN(C)[C@H](C2CC(N(C)CC(C)C)C2)COC(=O)C(C)(C)C(=O)[C@H](C)[C@H]1O[C@@H]1O[C@H](C)C[C@H](N(C)C)[C@H]1O. The van der Waals surface area contributed by atoms with Gasteiger partial charge in [0.25, 0.3) is 0 Å². The number of aliphatic hydroxyl groups is 1. The van der Waals surface area contributed by atoms with Gasteiger partial charge in [0, 0.05) is 44.2 Å². The summed E-state index contributed by atoms with van der Waals surface area (Å²) in [4.78, 5) is 34.7. The molecule has 0 aromatic rings. The van der Waals surface area contributed by atoms with Gasteiger partial charge in [0.15, 0.2) is 12.1 Å². The molecule has 3 aliphatic rings. The molecule has 10 heteroatoms. The quantitative estimate of drug-likeness (QED) is 0.313. The fourth-order valence-electron chi connectivity index (χ4n) is 8.09. The minimum atomic E-state index is -1.40. The highest BCUT2D eigenvalue weighted by Gasteiger charge is 2.52. The van der Waals surface area contributed by atoms with Crippen LogP contribution in [0.1, 0.15) is 81.1 Å². The zero-order valence-electron chi connectivity index (χ0n) is 30.5. The fourth-order valence-corrected chi connectivity index (χ4v) is 8.09. The number of likely N-dealkylation sites (N-methyl/N-ethyl adjacent to an activating group) is 2. The van der Waals surface area contributed by atoms with Crippen LogP contribution in [0, 0.1) is 29.1 Å². The summed E-state index contributed by atoms with van der Waals surface area (Å²) in [5, 5.41) is 11.3. The number of methoxy groups -OCH3 is 1. The molecule has 262 valence electrons. The highest BCUT2D eigenvalue weighted by atomic mass is 16.7. The smallest absolute Gasteiger partial charge is 0.319 e. The van der Waals surface area contributed by atoms with Crippen molar-refractivity contribution in [3.63, 3.8) is 0 Å². The number of carbonyl (C=O) groups is 2. The number of rotatable bonds is 8. The molecule has 2 heterocycles. The van der Waals surface area contributed by atoms with E-state index in [1.807, 2.05) is 32.8 Å². The maximum atomic E-state index is 14.2. The van der Waals surface area contributed by atoms with Crippen molar-refractivity contribution in [2.45, 2.75) is 129 Å². The number of Topliss-reactive ketones (excluding diaryl/α,β-unsaturated/α-hetero) is 1. The second-order valence-electron chi connectivity index (χ2n) is 16.1. The van der Waals surface area contributed by atoms with Crippen LogP contribution in [0.4, 0.5) is 0 Å². The summed E-state index contributed by atoms with van der Waals surface area (Å²) in [6.45, 7) is 17.8. The Kier molecular flexibility index (Phi) is 13.1. The lowest BCUT2D eigenvalue weighted by atomic mass is 9.74. The molecule has 1 N–H and O–H groups in total. The maximum absolute atomic E-state index is 14.2. The van der Waals surface area contributed by atoms with Crippen molar-refractivity contribution in [3.05, 3.63) is 0 Å². The standard InChI is InChI=1S/C35H65N3O7/c1-21(2)18-37(11)26-15-25(16-26)28-20-43-33(41)34(6,7)30(40)24(5)31(35(8,42-13)17-22(3)19-38(28)12)45-32-29(39)27(36(9)10)14-23(4)44-32/h21-29,31-32,39H,14-20H2,1-13H3/t22-,23-,24+,25?,26?,27+,28+,29-,31-,32+,35-/m1/s1. The molecule has 3 fully saturated rings. The van der Waals surface area contributed by atoms with E-state index in [0.717, 1.165) is 25.9 Å². The van der Waals surface area contributed by atoms with E-state index in [9.17, 15) is 14.7 Å². The van der Waals surface area contributed by atoms with Crippen LogP contribution in [-0.2, 0) is 28.5 Å². The van der Waals surface area contributed by atoms with Gasteiger partial charge >= 0.3 is 5.97 Å². The number of ether oxygens (including phenoxy) is 4. The number of cyclic esters (lactones) is 1. The van der Waals surface area contributed by atoms with Crippen LogP contribution in [0.2, 0.25) is 0 Å². The molecule has 1 saturated carbocycles. The van der Waals surface area contributed by atoms with Crippen LogP contribution < -0.4 is 0 Å². The van der Waals surface area contributed by atoms with E-state index in [0.29, 0.717) is 30.7 Å². The van der Waals surface area contributed by atoms with Gasteiger partial charge in [-0.25, -0.2) is 0 Å². The van der Waals surface area contributed by atoms with Gasteiger partial charge in [0.2, 0.25) is 0 Å². The monoisotopic (exact) mass is 639 g/mol. The van der Waals surface area contributed by atoms with Crippen molar-refractivity contribution < 1.29 is 33.6 Å². The zero-order chi connectivity index (χ0) is 34.0. The summed E-state index contributed by atoms with van der Waals surface area (Å²) < 4.78 is 25.0. The summed E-state index contributed by atoms with van der Waals surface area (Å²) in [6.07, 6.45) is 0.583. The molecule has 0 aromatic heterocycles. The van der Waals surface area contributed by atoms with Crippen molar-refractivity contribution in [2.75, 3.05) is 55.0 Å². The molecule has 2 aliphatic heterocycles. The van der Waals surface area contributed by atoms with E-state index in [1.165, 1.54) is 0 Å². The van der Waals surface area contributed by atoms with Crippen molar-refractivity contribution >= 4 is 11.8 Å². The molecule has 0 bridgehead atoms. The number of ketones is 1. The minimum absolute atomic E-state index is 0.0558. The summed E-state index contributed by atoms with van der Waals surface area (Å²) in [6, 6.07) is 0.421. The van der Waals surface area contributed by atoms with Gasteiger partial charge in [-0.3, -0.25) is 14.5 Å². The van der Waals surface area contributed by atoms with Gasteiger partial charge in [-0.05, 0) is 99.3 Å². The van der Waals surface area contributed by atoms with Crippen LogP contribution in [0.15, 0.2) is 0 Å². The van der Waals surface area contributed by atoms with Gasteiger partial charge in [-0.15, -0.1) is 0 Å². The number of aliphatic hydroxyl groups excluding tert-OH is 1. The molecule has 10 nitrogen and oxygen atoms in total. The molecule has 2 saturated heterocycles.